The Labute approximate surface area is 104 Å². The summed E-state index contributed by atoms with van der Waals surface area (Å²) in [6.07, 6.45) is 2.37. The van der Waals surface area contributed by atoms with Gasteiger partial charge < -0.3 is 10.1 Å². The molecule has 0 aliphatic rings. The van der Waals surface area contributed by atoms with Crippen molar-refractivity contribution in [1.82, 2.24) is 5.32 Å². The van der Waals surface area contributed by atoms with Gasteiger partial charge in [-0.2, -0.15) is 0 Å². The highest BCUT2D eigenvalue weighted by Crippen LogP contribution is 2.19. The van der Waals surface area contributed by atoms with Crippen LogP contribution < -0.4 is 5.32 Å². The summed E-state index contributed by atoms with van der Waals surface area (Å²) in [5.74, 6) is 0. The van der Waals surface area contributed by atoms with Gasteiger partial charge in [0.15, 0.2) is 0 Å². The molecule has 0 amide bonds. The maximum atomic E-state index is 5.45. The Balaban J connectivity index is 1.93. The maximum Gasteiger partial charge on any atom is 0.0591 e. The second-order valence-electron chi connectivity index (χ2n) is 3.37. The van der Waals surface area contributed by atoms with E-state index in [1.165, 1.54) is 15.8 Å². The van der Waals surface area contributed by atoms with Crippen LogP contribution >= 0.6 is 27.3 Å². The summed E-state index contributed by atoms with van der Waals surface area (Å²) in [5.41, 5.74) is 0. The molecule has 0 bridgehead atoms. The van der Waals surface area contributed by atoms with Crippen molar-refractivity contribution in [1.29, 1.82) is 0 Å². The van der Waals surface area contributed by atoms with Gasteiger partial charge in [0.05, 0.1) is 6.61 Å². The van der Waals surface area contributed by atoms with Gasteiger partial charge in [0, 0.05) is 34.4 Å². The zero-order chi connectivity index (χ0) is 10.9. The fraction of sp³-hybridized carbons (Fsp3) is 0.636. The van der Waals surface area contributed by atoms with Crippen molar-refractivity contribution in [2.45, 2.75) is 26.3 Å². The molecule has 0 saturated heterocycles. The van der Waals surface area contributed by atoms with Gasteiger partial charge in [0.25, 0.3) is 0 Å². The third-order valence-corrected chi connectivity index (χ3v) is 3.68. The summed E-state index contributed by atoms with van der Waals surface area (Å²) in [7, 11) is 0. The fourth-order valence-electron chi connectivity index (χ4n) is 1.15. The first-order chi connectivity index (χ1) is 7.33. The van der Waals surface area contributed by atoms with E-state index in [1.54, 1.807) is 11.3 Å². The molecule has 1 rings (SSSR count). The van der Waals surface area contributed by atoms with Crippen molar-refractivity contribution in [3.63, 3.8) is 0 Å². The largest absolute Gasteiger partial charge is 0.380 e. The predicted molar refractivity (Wildman–Crippen MR) is 69.5 cm³/mol. The van der Waals surface area contributed by atoms with Crippen molar-refractivity contribution in [3.8, 4) is 0 Å². The highest BCUT2D eigenvalue weighted by atomic mass is 79.9. The third-order valence-electron chi connectivity index (χ3n) is 1.99. The van der Waals surface area contributed by atoms with Crippen molar-refractivity contribution in [3.05, 3.63) is 20.8 Å². The van der Waals surface area contributed by atoms with Gasteiger partial charge in [0.1, 0.15) is 0 Å². The van der Waals surface area contributed by atoms with Crippen molar-refractivity contribution >= 4 is 27.3 Å². The maximum absolute atomic E-state index is 5.45. The number of rotatable bonds is 8. The number of hydrogen-bond acceptors (Lipinski definition) is 3. The molecule has 1 N–H and O–H groups in total. The van der Waals surface area contributed by atoms with E-state index in [9.17, 15) is 0 Å². The Morgan fingerprint density at radius 2 is 2.33 bits per heavy atom. The molecule has 1 aromatic rings. The molecule has 4 heteroatoms. The third kappa shape index (κ3) is 6.30. The summed E-state index contributed by atoms with van der Waals surface area (Å²) < 4.78 is 6.62. The van der Waals surface area contributed by atoms with Crippen molar-refractivity contribution in [2.75, 3.05) is 19.8 Å². The lowest BCUT2D eigenvalue weighted by atomic mass is 10.4. The van der Waals surface area contributed by atoms with Crippen LogP contribution in [0.2, 0.25) is 0 Å². The van der Waals surface area contributed by atoms with Crippen LogP contribution in [0.25, 0.3) is 0 Å². The smallest absolute Gasteiger partial charge is 0.0591 e. The average Bonchev–Trinajstić information content (AvgIpc) is 2.63. The molecule has 0 saturated carbocycles. The van der Waals surface area contributed by atoms with Gasteiger partial charge in [-0.3, -0.25) is 0 Å². The molecule has 2 nitrogen and oxygen atoms in total. The molecular weight excluding hydrogens is 274 g/mol. The number of ether oxygens (including phenoxy) is 1. The van der Waals surface area contributed by atoms with Crippen LogP contribution in [0.4, 0.5) is 0 Å². The van der Waals surface area contributed by atoms with E-state index in [0.29, 0.717) is 0 Å². The molecule has 0 atom stereocenters. The minimum absolute atomic E-state index is 0.812. The van der Waals surface area contributed by atoms with Crippen molar-refractivity contribution < 1.29 is 4.74 Å². The van der Waals surface area contributed by atoms with E-state index in [2.05, 4.69) is 39.6 Å². The molecule has 0 aliphatic carbocycles. The number of thiophene rings is 1. The Morgan fingerprint density at radius 1 is 1.47 bits per heavy atom. The lowest BCUT2D eigenvalue weighted by Gasteiger charge is -2.04. The highest BCUT2D eigenvalue weighted by molar-refractivity contribution is 9.10. The lowest BCUT2D eigenvalue weighted by molar-refractivity contribution is 0.133. The molecule has 0 unspecified atom stereocenters. The highest BCUT2D eigenvalue weighted by Gasteiger charge is 1.96. The van der Waals surface area contributed by atoms with Crippen LogP contribution in [-0.2, 0) is 11.3 Å². The van der Waals surface area contributed by atoms with Gasteiger partial charge in [0.2, 0.25) is 0 Å². The van der Waals surface area contributed by atoms with Gasteiger partial charge >= 0.3 is 0 Å². The van der Waals surface area contributed by atoms with E-state index in [1.807, 2.05) is 0 Å². The number of nitrogens with one attached hydrogen (secondary N) is 1. The molecule has 15 heavy (non-hydrogen) atoms. The van der Waals surface area contributed by atoms with E-state index in [0.717, 1.165) is 32.7 Å². The van der Waals surface area contributed by atoms with E-state index in [4.69, 9.17) is 4.74 Å². The van der Waals surface area contributed by atoms with Crippen LogP contribution in [0.3, 0.4) is 0 Å². The quantitative estimate of drug-likeness (QED) is 0.741. The lowest BCUT2D eigenvalue weighted by Crippen LogP contribution is -2.18. The topological polar surface area (TPSA) is 21.3 Å². The zero-order valence-corrected chi connectivity index (χ0v) is 11.5. The summed E-state index contributed by atoms with van der Waals surface area (Å²) in [5, 5.41) is 5.46. The molecule has 1 aromatic heterocycles. The minimum Gasteiger partial charge on any atom is -0.380 e. The summed E-state index contributed by atoms with van der Waals surface area (Å²) in [6, 6.07) is 2.15. The molecule has 0 aliphatic heterocycles. The Bertz CT molecular complexity index is 265. The van der Waals surface area contributed by atoms with E-state index < -0.39 is 0 Å². The number of halogens is 1. The van der Waals surface area contributed by atoms with Gasteiger partial charge in [-0.15, -0.1) is 11.3 Å². The number of unbranched alkanes of at least 4 members (excludes halogenated alkanes) is 1. The number of hydrogen-bond donors (Lipinski definition) is 1. The summed E-state index contributed by atoms with van der Waals surface area (Å²) in [4.78, 5) is 1.36. The summed E-state index contributed by atoms with van der Waals surface area (Å²) in [6.45, 7) is 5.75. The first-order valence-corrected chi connectivity index (χ1v) is 7.01. The van der Waals surface area contributed by atoms with Crippen LogP contribution in [0.5, 0.6) is 0 Å². The van der Waals surface area contributed by atoms with Gasteiger partial charge in [-0.25, -0.2) is 0 Å². The average molecular weight is 292 g/mol. The normalized spacial score (nSPS) is 10.8. The first-order valence-electron chi connectivity index (χ1n) is 5.34. The molecule has 0 spiro atoms. The minimum atomic E-state index is 0.812. The Kier molecular flexibility index (Phi) is 7.26. The van der Waals surface area contributed by atoms with Gasteiger partial charge in [-0.05, 0) is 28.4 Å². The molecule has 1 heterocycles. The van der Waals surface area contributed by atoms with Gasteiger partial charge in [-0.1, -0.05) is 13.3 Å². The van der Waals surface area contributed by atoms with Crippen LogP contribution in [0.15, 0.2) is 15.9 Å². The molecule has 86 valence electrons. The van der Waals surface area contributed by atoms with E-state index >= 15 is 0 Å². The zero-order valence-electron chi connectivity index (χ0n) is 9.09. The van der Waals surface area contributed by atoms with Crippen LogP contribution in [-0.4, -0.2) is 19.8 Å². The fourth-order valence-corrected chi connectivity index (χ4v) is 2.57. The second kappa shape index (κ2) is 8.28. The standard InChI is InChI=1S/C11H18BrNOS/c1-2-3-5-14-6-4-13-8-11-7-10(12)9-15-11/h7,9,13H,2-6,8H2,1H3. The molecule has 0 radical (unpaired) electrons. The monoisotopic (exact) mass is 291 g/mol. The Hall–Kier alpha value is 0.1000. The molecular formula is C11H18BrNOS. The van der Waals surface area contributed by atoms with Crippen LogP contribution in [0.1, 0.15) is 24.6 Å². The SMILES string of the molecule is CCCCOCCNCc1cc(Br)cs1. The van der Waals surface area contributed by atoms with Crippen LogP contribution in [0, 0.1) is 0 Å². The second-order valence-corrected chi connectivity index (χ2v) is 5.29. The van der Waals surface area contributed by atoms with E-state index in [-0.39, 0.29) is 0 Å². The molecule has 0 fully saturated rings. The predicted octanol–water partition coefficient (Wildman–Crippen LogP) is 3.42. The first kappa shape index (κ1) is 13.2. The molecule has 0 aromatic carbocycles. The Morgan fingerprint density at radius 3 is 3.00 bits per heavy atom. The summed E-state index contributed by atoms with van der Waals surface area (Å²) >= 11 is 5.21. The van der Waals surface area contributed by atoms with Crippen molar-refractivity contribution in [2.24, 2.45) is 0 Å².